The molecule has 0 radical (unpaired) electrons. The molecule has 0 bridgehead atoms. The summed E-state index contributed by atoms with van der Waals surface area (Å²) >= 11 is 5.90. The molecule has 0 atom stereocenters. The summed E-state index contributed by atoms with van der Waals surface area (Å²) in [6, 6.07) is 25.6. The van der Waals surface area contributed by atoms with Gasteiger partial charge in [-0.25, -0.2) is 0 Å². The first-order valence-electron chi connectivity index (χ1n) is 8.07. The molecule has 0 aliphatic rings. The number of halogens is 1. The summed E-state index contributed by atoms with van der Waals surface area (Å²) in [4.78, 5) is 0. The maximum Gasteiger partial charge on any atom is 0.128 e. The predicted molar refractivity (Wildman–Crippen MR) is 103 cm³/mol. The smallest absolute Gasteiger partial charge is 0.128 e. The van der Waals surface area contributed by atoms with E-state index in [1.165, 1.54) is 5.56 Å². The Kier molecular flexibility index (Phi) is 6.07. The van der Waals surface area contributed by atoms with Gasteiger partial charge in [0.15, 0.2) is 0 Å². The van der Waals surface area contributed by atoms with Crippen molar-refractivity contribution in [2.45, 2.75) is 13.2 Å². The molecule has 1 N–H and O–H groups in total. The largest absolute Gasteiger partial charge is 0.488 e. The SMILES string of the molecule is Clc1ccc(COc2ccccc2C=NNCc2ccccc2)cc1. The van der Waals surface area contributed by atoms with E-state index in [0.717, 1.165) is 21.9 Å². The zero-order chi connectivity index (χ0) is 17.3. The third-order valence-electron chi connectivity index (χ3n) is 3.65. The molecule has 0 fully saturated rings. The first-order valence-corrected chi connectivity index (χ1v) is 8.45. The molecule has 4 heteroatoms. The lowest BCUT2D eigenvalue weighted by Crippen LogP contribution is -2.06. The van der Waals surface area contributed by atoms with Crippen LogP contribution in [-0.2, 0) is 13.2 Å². The van der Waals surface area contributed by atoms with Crippen molar-refractivity contribution in [2.75, 3.05) is 0 Å². The van der Waals surface area contributed by atoms with Crippen molar-refractivity contribution in [1.29, 1.82) is 0 Å². The molecular formula is C21H19ClN2O. The molecule has 3 nitrogen and oxygen atoms in total. The third-order valence-corrected chi connectivity index (χ3v) is 3.90. The van der Waals surface area contributed by atoms with Gasteiger partial charge in [0.05, 0.1) is 12.8 Å². The number of nitrogens with one attached hydrogen (secondary N) is 1. The van der Waals surface area contributed by atoms with E-state index in [1.807, 2.05) is 66.7 Å². The Morgan fingerprint density at radius 2 is 1.56 bits per heavy atom. The van der Waals surface area contributed by atoms with Crippen molar-refractivity contribution in [3.8, 4) is 5.75 Å². The number of benzene rings is 3. The molecule has 3 aromatic carbocycles. The highest BCUT2D eigenvalue weighted by atomic mass is 35.5. The fourth-order valence-electron chi connectivity index (χ4n) is 2.31. The van der Waals surface area contributed by atoms with E-state index < -0.39 is 0 Å². The lowest BCUT2D eigenvalue weighted by molar-refractivity contribution is 0.306. The molecule has 0 aliphatic carbocycles. The first kappa shape index (κ1) is 17.1. The van der Waals surface area contributed by atoms with Gasteiger partial charge in [0.1, 0.15) is 12.4 Å². The van der Waals surface area contributed by atoms with Gasteiger partial charge in [-0.3, -0.25) is 0 Å². The van der Waals surface area contributed by atoms with Crippen LogP contribution in [0.5, 0.6) is 5.75 Å². The highest BCUT2D eigenvalue weighted by Gasteiger charge is 2.01. The molecule has 3 rings (SSSR count). The molecule has 0 amide bonds. The highest BCUT2D eigenvalue weighted by Crippen LogP contribution is 2.18. The van der Waals surface area contributed by atoms with Crippen LogP contribution in [0.15, 0.2) is 84.0 Å². The van der Waals surface area contributed by atoms with Crippen molar-refractivity contribution in [3.63, 3.8) is 0 Å². The maximum absolute atomic E-state index is 5.92. The average molecular weight is 351 g/mol. The second kappa shape index (κ2) is 8.90. The van der Waals surface area contributed by atoms with Crippen LogP contribution in [0.2, 0.25) is 5.02 Å². The van der Waals surface area contributed by atoms with Crippen molar-refractivity contribution in [3.05, 3.63) is 101 Å². The Balaban J connectivity index is 1.58. The molecule has 0 heterocycles. The van der Waals surface area contributed by atoms with Gasteiger partial charge in [0.25, 0.3) is 0 Å². The molecule has 0 saturated carbocycles. The van der Waals surface area contributed by atoms with E-state index in [1.54, 1.807) is 6.21 Å². The summed E-state index contributed by atoms with van der Waals surface area (Å²) in [5.41, 5.74) is 6.24. The number of hydrogen-bond donors (Lipinski definition) is 1. The van der Waals surface area contributed by atoms with Crippen LogP contribution in [0.4, 0.5) is 0 Å². The normalized spacial score (nSPS) is 10.8. The molecule has 0 aliphatic heterocycles. The third kappa shape index (κ3) is 5.37. The zero-order valence-corrected chi connectivity index (χ0v) is 14.5. The fraction of sp³-hybridized carbons (Fsp3) is 0.0952. The highest BCUT2D eigenvalue weighted by molar-refractivity contribution is 6.30. The van der Waals surface area contributed by atoms with Crippen LogP contribution in [0, 0.1) is 0 Å². The number of para-hydroxylation sites is 1. The van der Waals surface area contributed by atoms with Crippen LogP contribution >= 0.6 is 11.6 Å². The second-order valence-electron chi connectivity index (χ2n) is 5.53. The Bertz CT molecular complexity index is 817. The van der Waals surface area contributed by atoms with E-state index >= 15 is 0 Å². The van der Waals surface area contributed by atoms with E-state index in [4.69, 9.17) is 16.3 Å². The van der Waals surface area contributed by atoms with Crippen LogP contribution in [-0.4, -0.2) is 6.21 Å². The minimum absolute atomic E-state index is 0.486. The number of nitrogens with zero attached hydrogens (tertiary/aromatic N) is 1. The first-order chi connectivity index (χ1) is 12.3. The minimum atomic E-state index is 0.486. The summed E-state index contributed by atoms with van der Waals surface area (Å²) in [5, 5.41) is 5.01. The number of hydrazone groups is 1. The predicted octanol–water partition coefficient (Wildman–Crippen LogP) is 5.04. The van der Waals surface area contributed by atoms with Crippen LogP contribution in [0.3, 0.4) is 0 Å². The molecule has 25 heavy (non-hydrogen) atoms. The van der Waals surface area contributed by atoms with Gasteiger partial charge in [0.2, 0.25) is 0 Å². The Labute approximate surface area is 152 Å². The zero-order valence-electron chi connectivity index (χ0n) is 13.7. The molecule has 0 spiro atoms. The lowest BCUT2D eigenvalue weighted by atomic mass is 10.2. The summed E-state index contributed by atoms with van der Waals surface area (Å²) in [7, 11) is 0. The fourth-order valence-corrected chi connectivity index (χ4v) is 2.43. The molecular weight excluding hydrogens is 332 g/mol. The second-order valence-corrected chi connectivity index (χ2v) is 5.97. The van der Waals surface area contributed by atoms with E-state index in [0.29, 0.717) is 13.2 Å². The summed E-state index contributed by atoms with van der Waals surface area (Å²) in [6.45, 7) is 1.17. The van der Waals surface area contributed by atoms with Crippen molar-refractivity contribution < 1.29 is 4.74 Å². The van der Waals surface area contributed by atoms with E-state index in [9.17, 15) is 0 Å². The number of ether oxygens (including phenoxy) is 1. The summed E-state index contributed by atoms with van der Waals surface area (Å²) in [5.74, 6) is 0.794. The monoisotopic (exact) mass is 350 g/mol. The maximum atomic E-state index is 5.92. The number of rotatable bonds is 7. The van der Waals surface area contributed by atoms with Gasteiger partial charge in [0, 0.05) is 10.6 Å². The van der Waals surface area contributed by atoms with Gasteiger partial charge in [-0.05, 0) is 35.4 Å². The summed E-state index contributed by atoms with van der Waals surface area (Å²) < 4.78 is 5.92. The molecule has 0 unspecified atom stereocenters. The van der Waals surface area contributed by atoms with Crippen molar-refractivity contribution >= 4 is 17.8 Å². The van der Waals surface area contributed by atoms with Crippen LogP contribution < -0.4 is 10.2 Å². The lowest BCUT2D eigenvalue weighted by Gasteiger charge is -2.09. The molecule has 3 aromatic rings. The molecule has 126 valence electrons. The molecule has 0 saturated heterocycles. The van der Waals surface area contributed by atoms with Crippen molar-refractivity contribution in [1.82, 2.24) is 5.43 Å². The minimum Gasteiger partial charge on any atom is -0.488 e. The standard InChI is InChI=1S/C21H19ClN2O/c22-20-12-10-18(11-13-20)16-25-21-9-5-4-8-19(21)15-24-23-14-17-6-2-1-3-7-17/h1-13,15,23H,14,16H2. The number of hydrogen-bond acceptors (Lipinski definition) is 3. The topological polar surface area (TPSA) is 33.6 Å². The van der Waals surface area contributed by atoms with Gasteiger partial charge < -0.3 is 10.2 Å². The Morgan fingerprint density at radius 3 is 2.36 bits per heavy atom. The Hall–Kier alpha value is -2.78. The average Bonchev–Trinajstić information content (AvgIpc) is 2.66. The van der Waals surface area contributed by atoms with E-state index in [-0.39, 0.29) is 0 Å². The van der Waals surface area contributed by atoms with Gasteiger partial charge in [-0.2, -0.15) is 5.10 Å². The van der Waals surface area contributed by atoms with Gasteiger partial charge in [-0.1, -0.05) is 66.2 Å². The van der Waals surface area contributed by atoms with Gasteiger partial charge in [-0.15, -0.1) is 0 Å². The van der Waals surface area contributed by atoms with Crippen LogP contribution in [0.25, 0.3) is 0 Å². The van der Waals surface area contributed by atoms with E-state index in [2.05, 4.69) is 22.7 Å². The Morgan fingerprint density at radius 1 is 0.840 bits per heavy atom. The van der Waals surface area contributed by atoms with Gasteiger partial charge >= 0.3 is 0 Å². The summed E-state index contributed by atoms with van der Waals surface area (Å²) in [6.07, 6.45) is 1.78. The quantitative estimate of drug-likeness (QED) is 0.478. The molecule has 0 aromatic heterocycles. The van der Waals surface area contributed by atoms with Crippen LogP contribution in [0.1, 0.15) is 16.7 Å². The van der Waals surface area contributed by atoms with Crippen molar-refractivity contribution in [2.24, 2.45) is 5.10 Å².